The zero-order valence-corrected chi connectivity index (χ0v) is 35.3. The van der Waals surface area contributed by atoms with Gasteiger partial charge in [0.1, 0.15) is 0 Å². The molecule has 0 unspecified atom stereocenters. The van der Waals surface area contributed by atoms with Gasteiger partial charge in [0.05, 0.1) is 16.1 Å². The molecule has 0 aliphatic carbocycles. The molecule has 0 aromatic heterocycles. The molecular formula is C50H46N2SSi2. The highest BCUT2D eigenvalue weighted by Crippen LogP contribution is 2.52. The van der Waals surface area contributed by atoms with Gasteiger partial charge in [-0.1, -0.05) is 146 Å². The van der Waals surface area contributed by atoms with Crippen molar-refractivity contribution in [1.82, 2.24) is 0 Å². The number of para-hydroxylation sites is 2. The van der Waals surface area contributed by atoms with Crippen LogP contribution in [0.3, 0.4) is 0 Å². The number of nitrogens with zero attached hydrogens (tertiary/aromatic N) is 2. The van der Waals surface area contributed by atoms with Crippen LogP contribution < -0.4 is 20.2 Å². The summed E-state index contributed by atoms with van der Waals surface area (Å²) in [4.78, 5) is 7.37. The Balaban J connectivity index is 1.15. The zero-order valence-electron chi connectivity index (χ0n) is 32.5. The van der Waals surface area contributed by atoms with E-state index in [1.165, 1.54) is 64.2 Å². The van der Waals surface area contributed by atoms with Crippen LogP contribution in [0.25, 0.3) is 32.7 Å². The van der Waals surface area contributed by atoms with E-state index in [1.54, 1.807) is 0 Å². The maximum Gasteiger partial charge on any atom is 0.0775 e. The van der Waals surface area contributed by atoms with Gasteiger partial charge >= 0.3 is 0 Å². The van der Waals surface area contributed by atoms with Gasteiger partial charge in [0.2, 0.25) is 0 Å². The van der Waals surface area contributed by atoms with Crippen molar-refractivity contribution in [2.24, 2.45) is 0 Å². The van der Waals surface area contributed by atoms with E-state index in [0.29, 0.717) is 0 Å². The third-order valence-corrected chi connectivity index (χ3v) is 16.2. The number of fused-ring (bicyclic) bond motifs is 4. The molecule has 0 bridgehead atoms. The Kier molecular flexibility index (Phi) is 8.84. The molecule has 0 N–H and O–H groups in total. The first-order chi connectivity index (χ1) is 26.5. The van der Waals surface area contributed by atoms with Gasteiger partial charge in [0, 0.05) is 49.3 Å². The van der Waals surface area contributed by atoms with Crippen molar-refractivity contribution in [3.05, 3.63) is 170 Å². The van der Waals surface area contributed by atoms with E-state index in [0.717, 1.165) is 22.7 Å². The summed E-state index contributed by atoms with van der Waals surface area (Å²) in [6.07, 6.45) is 0. The lowest BCUT2D eigenvalue weighted by Crippen LogP contribution is -2.37. The van der Waals surface area contributed by atoms with Crippen LogP contribution in [0.4, 0.5) is 34.1 Å². The highest BCUT2D eigenvalue weighted by atomic mass is 32.2. The van der Waals surface area contributed by atoms with Crippen LogP contribution in [0, 0.1) is 0 Å². The Morgan fingerprint density at radius 3 is 1.40 bits per heavy atom. The van der Waals surface area contributed by atoms with Crippen LogP contribution in [-0.2, 0) is 0 Å². The molecule has 1 aliphatic heterocycles. The second-order valence-electron chi connectivity index (χ2n) is 16.7. The van der Waals surface area contributed by atoms with Crippen molar-refractivity contribution < 1.29 is 0 Å². The summed E-state index contributed by atoms with van der Waals surface area (Å²) in [5.74, 6) is 0. The molecule has 0 saturated heterocycles. The first kappa shape index (κ1) is 35.4. The molecule has 0 atom stereocenters. The summed E-state index contributed by atoms with van der Waals surface area (Å²) in [5.41, 5.74) is 9.58. The minimum atomic E-state index is -1.42. The summed E-state index contributed by atoms with van der Waals surface area (Å²) < 4.78 is 0. The molecule has 1 heterocycles. The van der Waals surface area contributed by atoms with Crippen molar-refractivity contribution in [2.45, 2.75) is 49.1 Å². The van der Waals surface area contributed by atoms with Crippen molar-refractivity contribution >= 4 is 94.0 Å². The maximum atomic E-state index is 2.42. The SMILES string of the molecule is C[Si](C)(C)c1ccc(N(c2ccccc2)c2ccc3c(c2)Sc2cccc4c2c-3cc2ccc(N(c3ccccc3)c3ccc([Si](C)(C)C)cc3)cc24)cc1. The van der Waals surface area contributed by atoms with E-state index in [4.69, 9.17) is 0 Å². The van der Waals surface area contributed by atoms with Gasteiger partial charge in [0.25, 0.3) is 0 Å². The normalized spacial score (nSPS) is 12.5. The number of rotatable bonds is 8. The molecule has 0 amide bonds. The van der Waals surface area contributed by atoms with E-state index in [-0.39, 0.29) is 0 Å². The fourth-order valence-electron chi connectivity index (χ4n) is 7.95. The second-order valence-corrected chi connectivity index (χ2v) is 28.0. The predicted molar refractivity (Wildman–Crippen MR) is 246 cm³/mol. The molecular weight excluding hydrogens is 717 g/mol. The number of hydrogen-bond donors (Lipinski definition) is 0. The Morgan fingerprint density at radius 2 is 0.855 bits per heavy atom. The Bertz CT molecular complexity index is 2680. The first-order valence-corrected chi connectivity index (χ1v) is 27.1. The van der Waals surface area contributed by atoms with Crippen molar-refractivity contribution in [2.75, 3.05) is 9.80 Å². The molecule has 9 rings (SSSR count). The lowest BCUT2D eigenvalue weighted by atomic mass is 9.92. The molecule has 8 aromatic rings. The fourth-order valence-corrected chi connectivity index (χ4v) is 11.5. The van der Waals surface area contributed by atoms with Crippen LogP contribution in [0.1, 0.15) is 0 Å². The van der Waals surface area contributed by atoms with Crippen LogP contribution in [0.2, 0.25) is 39.3 Å². The summed E-state index contributed by atoms with van der Waals surface area (Å²) in [7, 11) is -2.84. The minimum absolute atomic E-state index is 1.15. The van der Waals surface area contributed by atoms with Crippen molar-refractivity contribution in [1.29, 1.82) is 0 Å². The Labute approximate surface area is 332 Å². The Morgan fingerprint density at radius 1 is 0.364 bits per heavy atom. The molecule has 270 valence electrons. The number of benzene rings is 8. The van der Waals surface area contributed by atoms with Gasteiger partial charge in [-0.05, 0) is 112 Å². The second kappa shape index (κ2) is 13.8. The predicted octanol–water partition coefficient (Wildman–Crippen LogP) is 14.2. The highest BCUT2D eigenvalue weighted by molar-refractivity contribution is 7.99. The largest absolute Gasteiger partial charge is 0.310 e. The van der Waals surface area contributed by atoms with Crippen LogP contribution in [-0.4, -0.2) is 16.1 Å². The van der Waals surface area contributed by atoms with E-state index >= 15 is 0 Å². The summed E-state index contributed by atoms with van der Waals surface area (Å²) in [6.45, 7) is 14.4. The lowest BCUT2D eigenvalue weighted by molar-refractivity contribution is 1.26. The van der Waals surface area contributed by atoms with Crippen molar-refractivity contribution in [3.63, 3.8) is 0 Å². The van der Waals surface area contributed by atoms with Gasteiger partial charge in [-0.25, -0.2) is 0 Å². The lowest BCUT2D eigenvalue weighted by Gasteiger charge is -2.29. The average molecular weight is 763 g/mol. The molecule has 55 heavy (non-hydrogen) atoms. The maximum absolute atomic E-state index is 2.42. The van der Waals surface area contributed by atoms with E-state index < -0.39 is 16.1 Å². The summed E-state index contributed by atoms with van der Waals surface area (Å²) in [5, 5.41) is 8.10. The fraction of sp³-hybridized carbons (Fsp3) is 0.120. The third kappa shape index (κ3) is 6.60. The smallest absolute Gasteiger partial charge is 0.0775 e. The summed E-state index contributed by atoms with van der Waals surface area (Å²) >= 11 is 1.89. The van der Waals surface area contributed by atoms with Crippen LogP contribution in [0.5, 0.6) is 0 Å². The molecule has 5 heteroatoms. The van der Waals surface area contributed by atoms with E-state index in [1.807, 2.05) is 11.8 Å². The van der Waals surface area contributed by atoms with Crippen LogP contribution in [0.15, 0.2) is 180 Å². The first-order valence-electron chi connectivity index (χ1n) is 19.3. The van der Waals surface area contributed by atoms with E-state index in [2.05, 4.69) is 219 Å². The van der Waals surface area contributed by atoms with Gasteiger partial charge in [-0.2, -0.15) is 0 Å². The number of hydrogen-bond acceptors (Lipinski definition) is 3. The molecule has 0 radical (unpaired) electrons. The van der Waals surface area contributed by atoms with Crippen molar-refractivity contribution in [3.8, 4) is 11.1 Å². The molecule has 0 spiro atoms. The standard InChI is InChI=1S/C50H46N2SSi2/c1-54(2,3)42-27-22-38(23-28-42)51(36-14-9-7-10-15-36)40-21-20-35-32-47-44-31-26-41(34-49(44)53-48-19-13-18-45(50(47)48)46(35)33-40)52(37-16-11-8-12-17-37)39-24-29-43(30-25-39)55(4,5)6/h7-34H,1-6H3. The van der Waals surface area contributed by atoms with Gasteiger partial charge in [-0.3, -0.25) is 0 Å². The summed E-state index contributed by atoms with van der Waals surface area (Å²) in [6, 6.07) is 63.3. The van der Waals surface area contributed by atoms with E-state index in [9.17, 15) is 0 Å². The van der Waals surface area contributed by atoms with Gasteiger partial charge < -0.3 is 9.80 Å². The molecule has 1 aliphatic rings. The quantitative estimate of drug-likeness (QED) is 0.112. The Hall–Kier alpha value is -5.34. The van der Waals surface area contributed by atoms with Crippen LogP contribution >= 0.6 is 11.8 Å². The van der Waals surface area contributed by atoms with Gasteiger partial charge in [0.15, 0.2) is 0 Å². The number of anilines is 6. The monoisotopic (exact) mass is 762 g/mol. The van der Waals surface area contributed by atoms with Gasteiger partial charge in [-0.15, -0.1) is 0 Å². The zero-order chi connectivity index (χ0) is 37.9. The molecule has 2 nitrogen and oxygen atoms in total. The molecule has 8 aromatic carbocycles. The average Bonchev–Trinajstić information content (AvgIpc) is 3.19. The topological polar surface area (TPSA) is 6.48 Å². The molecule has 0 fully saturated rings. The highest BCUT2D eigenvalue weighted by Gasteiger charge is 2.25. The molecule has 0 saturated carbocycles. The third-order valence-electron chi connectivity index (χ3n) is 10.9. The minimum Gasteiger partial charge on any atom is -0.310 e.